The average Bonchev–Trinajstić information content (AvgIpc) is 2.76. The van der Waals surface area contributed by atoms with Crippen LogP contribution < -0.4 is 9.47 Å². The topological polar surface area (TPSA) is 18.5 Å². The lowest BCUT2D eigenvalue weighted by atomic mass is 9.87. The first-order valence-corrected chi connectivity index (χ1v) is 7.29. The van der Waals surface area contributed by atoms with Crippen LogP contribution in [0.1, 0.15) is 32.1 Å². The second kappa shape index (κ2) is 5.81. The van der Waals surface area contributed by atoms with Gasteiger partial charge in [0.1, 0.15) is 24.8 Å². The zero-order chi connectivity index (χ0) is 13.1. The molecule has 0 radical (unpaired) electrons. The Labute approximate surface area is 113 Å². The van der Waals surface area contributed by atoms with Gasteiger partial charge in [0.15, 0.2) is 0 Å². The van der Waals surface area contributed by atoms with Crippen molar-refractivity contribution >= 4 is 0 Å². The molecule has 0 unspecified atom stereocenters. The molecule has 3 atom stereocenters. The van der Waals surface area contributed by atoms with Gasteiger partial charge in [0.2, 0.25) is 0 Å². The van der Waals surface area contributed by atoms with Crippen molar-refractivity contribution in [1.29, 1.82) is 0 Å². The van der Waals surface area contributed by atoms with Crippen molar-refractivity contribution in [2.75, 3.05) is 13.3 Å². The summed E-state index contributed by atoms with van der Waals surface area (Å²) in [7, 11) is 0. The molecule has 2 saturated carbocycles. The van der Waals surface area contributed by atoms with E-state index in [2.05, 4.69) is 0 Å². The van der Waals surface area contributed by atoms with Crippen LogP contribution in [0.25, 0.3) is 0 Å². The predicted molar refractivity (Wildman–Crippen MR) is 72.4 cm³/mol. The van der Waals surface area contributed by atoms with Gasteiger partial charge in [-0.05, 0) is 43.2 Å². The minimum absolute atomic E-state index is 0.108. The molecule has 2 bridgehead atoms. The summed E-state index contributed by atoms with van der Waals surface area (Å²) in [5.41, 5.74) is 0. The number of alkyl halides is 1. The molecule has 3 rings (SSSR count). The van der Waals surface area contributed by atoms with E-state index in [9.17, 15) is 4.39 Å². The molecule has 0 aromatic heterocycles. The van der Waals surface area contributed by atoms with E-state index in [-0.39, 0.29) is 6.61 Å². The maximum Gasteiger partial charge on any atom is 0.123 e. The third-order valence-corrected chi connectivity index (χ3v) is 4.30. The average molecular weight is 264 g/mol. The summed E-state index contributed by atoms with van der Waals surface area (Å²) in [5.74, 6) is 3.28. The van der Waals surface area contributed by atoms with Gasteiger partial charge in [-0.1, -0.05) is 18.9 Å². The fourth-order valence-electron chi connectivity index (χ4n) is 3.53. The molecule has 0 spiro atoms. The fourth-order valence-corrected chi connectivity index (χ4v) is 3.53. The maximum absolute atomic E-state index is 12.1. The quantitative estimate of drug-likeness (QED) is 0.800. The van der Waals surface area contributed by atoms with Crippen LogP contribution in [-0.4, -0.2) is 19.4 Å². The van der Waals surface area contributed by atoms with Crippen LogP contribution in [0, 0.1) is 11.8 Å². The largest absolute Gasteiger partial charge is 0.491 e. The van der Waals surface area contributed by atoms with E-state index in [0.29, 0.717) is 11.9 Å². The molecule has 0 heterocycles. The molecule has 2 fully saturated rings. The molecule has 104 valence electrons. The minimum Gasteiger partial charge on any atom is -0.491 e. The molecular formula is C16H21FO2. The van der Waals surface area contributed by atoms with E-state index in [1.165, 1.54) is 32.1 Å². The van der Waals surface area contributed by atoms with E-state index >= 15 is 0 Å². The van der Waals surface area contributed by atoms with Crippen LogP contribution in [0.5, 0.6) is 11.5 Å². The highest BCUT2D eigenvalue weighted by Crippen LogP contribution is 2.43. The van der Waals surface area contributed by atoms with Gasteiger partial charge in [0, 0.05) is 6.07 Å². The second-order valence-corrected chi connectivity index (χ2v) is 5.77. The Bertz CT molecular complexity index is 409. The molecule has 3 heteroatoms. The number of benzene rings is 1. The summed E-state index contributed by atoms with van der Waals surface area (Å²) in [6, 6.07) is 7.57. The molecule has 1 aromatic rings. The normalized spacial score (nSPS) is 29.2. The standard InChI is InChI=1S/C16H21FO2/c17-6-7-18-14-2-1-3-15(11-14)19-16-9-12-4-5-13(8-12)10-16/h1-3,11-13,16H,4-10H2/t12-,13+,16-. The first kappa shape index (κ1) is 12.8. The monoisotopic (exact) mass is 264 g/mol. The van der Waals surface area contributed by atoms with Crippen molar-refractivity contribution in [2.45, 2.75) is 38.2 Å². The number of fused-ring (bicyclic) bond motifs is 2. The van der Waals surface area contributed by atoms with Gasteiger partial charge in [0.05, 0.1) is 6.10 Å². The Hall–Kier alpha value is -1.25. The Morgan fingerprint density at radius 2 is 1.79 bits per heavy atom. The minimum atomic E-state index is -0.461. The van der Waals surface area contributed by atoms with Crippen molar-refractivity contribution in [3.63, 3.8) is 0 Å². The highest BCUT2D eigenvalue weighted by Gasteiger charge is 2.35. The number of halogens is 1. The number of rotatable bonds is 5. The molecule has 0 aliphatic heterocycles. The van der Waals surface area contributed by atoms with Gasteiger partial charge in [-0.3, -0.25) is 0 Å². The zero-order valence-electron chi connectivity index (χ0n) is 11.2. The van der Waals surface area contributed by atoms with Gasteiger partial charge in [-0.2, -0.15) is 0 Å². The molecule has 2 aliphatic carbocycles. The van der Waals surface area contributed by atoms with Crippen molar-refractivity contribution < 1.29 is 13.9 Å². The van der Waals surface area contributed by atoms with Crippen LogP contribution in [0.2, 0.25) is 0 Å². The summed E-state index contributed by atoms with van der Waals surface area (Å²) >= 11 is 0. The van der Waals surface area contributed by atoms with E-state index in [4.69, 9.17) is 9.47 Å². The van der Waals surface area contributed by atoms with Crippen LogP contribution >= 0.6 is 0 Å². The Balaban J connectivity index is 1.60. The first-order chi connectivity index (χ1) is 9.33. The molecule has 0 saturated heterocycles. The van der Waals surface area contributed by atoms with Gasteiger partial charge in [-0.25, -0.2) is 4.39 Å². The van der Waals surface area contributed by atoms with Gasteiger partial charge < -0.3 is 9.47 Å². The van der Waals surface area contributed by atoms with Gasteiger partial charge in [-0.15, -0.1) is 0 Å². The van der Waals surface area contributed by atoms with Crippen LogP contribution in [-0.2, 0) is 0 Å². The predicted octanol–water partition coefficient (Wildman–Crippen LogP) is 3.99. The number of hydrogen-bond acceptors (Lipinski definition) is 2. The summed E-state index contributed by atoms with van der Waals surface area (Å²) in [6.45, 7) is -0.353. The molecule has 19 heavy (non-hydrogen) atoms. The number of hydrogen-bond donors (Lipinski definition) is 0. The highest BCUT2D eigenvalue weighted by molar-refractivity contribution is 5.33. The molecule has 2 nitrogen and oxygen atoms in total. The van der Waals surface area contributed by atoms with Crippen LogP contribution in [0.3, 0.4) is 0 Å². The smallest absolute Gasteiger partial charge is 0.123 e. The lowest BCUT2D eigenvalue weighted by Gasteiger charge is -2.28. The number of ether oxygens (including phenoxy) is 2. The molecule has 1 aromatic carbocycles. The molecular weight excluding hydrogens is 243 g/mol. The van der Waals surface area contributed by atoms with E-state index in [0.717, 1.165) is 17.6 Å². The van der Waals surface area contributed by atoms with E-state index in [1.807, 2.05) is 24.3 Å². The first-order valence-electron chi connectivity index (χ1n) is 7.29. The van der Waals surface area contributed by atoms with Gasteiger partial charge in [0.25, 0.3) is 0 Å². The lowest BCUT2D eigenvalue weighted by Crippen LogP contribution is -2.26. The Kier molecular flexibility index (Phi) is 3.90. The van der Waals surface area contributed by atoms with Crippen molar-refractivity contribution in [2.24, 2.45) is 11.8 Å². The third kappa shape index (κ3) is 3.20. The van der Waals surface area contributed by atoms with E-state index in [1.54, 1.807) is 0 Å². The van der Waals surface area contributed by atoms with E-state index < -0.39 is 6.67 Å². The van der Waals surface area contributed by atoms with Crippen molar-refractivity contribution in [3.8, 4) is 11.5 Å². The maximum atomic E-state index is 12.1. The summed E-state index contributed by atoms with van der Waals surface area (Å²) in [6.07, 6.45) is 6.88. The summed E-state index contributed by atoms with van der Waals surface area (Å²) < 4.78 is 23.5. The SMILES string of the molecule is FCCOc1cccc(O[C@@H]2C[C@@H]3CC[C@@H](C3)C2)c1. The molecule has 0 N–H and O–H groups in total. The highest BCUT2D eigenvalue weighted by atomic mass is 19.1. The fraction of sp³-hybridized carbons (Fsp3) is 0.625. The lowest BCUT2D eigenvalue weighted by molar-refractivity contribution is 0.118. The Morgan fingerprint density at radius 3 is 2.53 bits per heavy atom. The summed E-state index contributed by atoms with van der Waals surface area (Å²) in [5, 5.41) is 0. The van der Waals surface area contributed by atoms with Crippen LogP contribution in [0.4, 0.5) is 4.39 Å². The zero-order valence-corrected chi connectivity index (χ0v) is 11.2. The second-order valence-electron chi connectivity index (χ2n) is 5.77. The molecule has 0 amide bonds. The van der Waals surface area contributed by atoms with Gasteiger partial charge >= 0.3 is 0 Å². The summed E-state index contributed by atoms with van der Waals surface area (Å²) in [4.78, 5) is 0. The van der Waals surface area contributed by atoms with Crippen molar-refractivity contribution in [3.05, 3.63) is 24.3 Å². The third-order valence-electron chi connectivity index (χ3n) is 4.30. The van der Waals surface area contributed by atoms with Crippen LogP contribution in [0.15, 0.2) is 24.3 Å². The molecule has 2 aliphatic rings. The Morgan fingerprint density at radius 1 is 1.05 bits per heavy atom. The van der Waals surface area contributed by atoms with Crippen molar-refractivity contribution in [1.82, 2.24) is 0 Å².